The molecule has 1 fully saturated rings. The summed E-state index contributed by atoms with van der Waals surface area (Å²) in [6.07, 6.45) is 0.477. The van der Waals surface area contributed by atoms with Gasteiger partial charge in [0.25, 0.3) is 11.8 Å². The van der Waals surface area contributed by atoms with Crippen molar-refractivity contribution in [1.82, 2.24) is 16.0 Å². The van der Waals surface area contributed by atoms with Gasteiger partial charge in [-0.1, -0.05) is 32.4 Å². The molecule has 1 heterocycles. The van der Waals surface area contributed by atoms with E-state index in [0.717, 1.165) is 0 Å². The number of likely N-dealkylation sites (N-methyl/N-ethyl adjacent to an activating group) is 1. The molecule has 1 aromatic rings. The minimum absolute atomic E-state index is 0.0198. The third kappa shape index (κ3) is 6.27. The third-order valence-corrected chi connectivity index (χ3v) is 5.15. The van der Waals surface area contributed by atoms with E-state index in [2.05, 4.69) is 21.3 Å². The first kappa shape index (κ1) is 24.3. The maximum atomic E-state index is 13.0. The van der Waals surface area contributed by atoms with E-state index in [-0.39, 0.29) is 34.5 Å². The smallest absolute Gasteiger partial charge is 0.289 e. The van der Waals surface area contributed by atoms with Crippen LogP contribution in [0.2, 0.25) is 5.02 Å². The van der Waals surface area contributed by atoms with E-state index in [0.29, 0.717) is 13.0 Å². The Bertz CT molecular complexity index is 910. The van der Waals surface area contributed by atoms with Crippen LogP contribution in [0.4, 0.5) is 5.69 Å². The van der Waals surface area contributed by atoms with Gasteiger partial charge in [0.15, 0.2) is 0 Å². The Kier molecular flexibility index (Phi) is 7.78. The van der Waals surface area contributed by atoms with Crippen LogP contribution in [0.5, 0.6) is 0 Å². The van der Waals surface area contributed by atoms with E-state index in [1.165, 1.54) is 25.2 Å². The fourth-order valence-electron chi connectivity index (χ4n) is 3.03. The number of carbonyl (C=O) groups excluding carboxylic acids is 5. The number of nitrogens with one attached hydrogen (secondary N) is 4. The second-order valence-corrected chi connectivity index (χ2v) is 8.81. The molecule has 2 rings (SSSR count). The Labute approximate surface area is 185 Å². The van der Waals surface area contributed by atoms with Crippen molar-refractivity contribution in [2.75, 3.05) is 18.9 Å². The molecule has 0 radical (unpaired) electrons. The highest BCUT2D eigenvalue weighted by Gasteiger charge is 2.34. The van der Waals surface area contributed by atoms with Crippen LogP contribution in [0, 0.1) is 11.3 Å². The lowest BCUT2D eigenvalue weighted by atomic mass is 9.94. The van der Waals surface area contributed by atoms with Crippen molar-refractivity contribution in [2.24, 2.45) is 11.3 Å². The first-order chi connectivity index (χ1) is 14.4. The number of hydrogen-bond donors (Lipinski definition) is 4. The van der Waals surface area contributed by atoms with Crippen molar-refractivity contribution < 1.29 is 24.0 Å². The Hall–Kier alpha value is -2.94. The molecule has 0 aromatic heterocycles. The van der Waals surface area contributed by atoms with Crippen molar-refractivity contribution in [2.45, 2.75) is 39.7 Å². The second-order valence-electron chi connectivity index (χ2n) is 8.38. The van der Waals surface area contributed by atoms with Crippen LogP contribution in [0.1, 0.15) is 44.0 Å². The zero-order valence-corrected chi connectivity index (χ0v) is 18.7. The van der Waals surface area contributed by atoms with E-state index in [4.69, 9.17) is 11.6 Å². The molecule has 4 N–H and O–H groups in total. The van der Waals surface area contributed by atoms with Gasteiger partial charge in [0.2, 0.25) is 17.6 Å². The number of hydrogen-bond acceptors (Lipinski definition) is 5. The molecule has 31 heavy (non-hydrogen) atoms. The molecular weight excluding hydrogens is 424 g/mol. The predicted octanol–water partition coefficient (Wildman–Crippen LogP) is 1.26. The Morgan fingerprint density at radius 1 is 1.23 bits per heavy atom. The molecule has 10 heteroatoms. The van der Waals surface area contributed by atoms with E-state index in [9.17, 15) is 24.0 Å². The first-order valence-corrected chi connectivity index (χ1v) is 10.3. The van der Waals surface area contributed by atoms with Gasteiger partial charge in [-0.2, -0.15) is 0 Å². The van der Waals surface area contributed by atoms with Gasteiger partial charge in [-0.3, -0.25) is 24.0 Å². The highest BCUT2D eigenvalue weighted by Crippen LogP contribution is 2.24. The number of benzene rings is 1. The predicted molar refractivity (Wildman–Crippen MR) is 116 cm³/mol. The molecule has 9 nitrogen and oxygen atoms in total. The number of ketones is 1. The van der Waals surface area contributed by atoms with Gasteiger partial charge in [-0.05, 0) is 31.0 Å². The van der Waals surface area contributed by atoms with E-state index in [1.807, 2.05) is 0 Å². The Morgan fingerprint density at radius 2 is 1.90 bits per heavy atom. The van der Waals surface area contributed by atoms with Crippen LogP contribution in [0.15, 0.2) is 18.2 Å². The van der Waals surface area contributed by atoms with Crippen LogP contribution in [-0.4, -0.2) is 49.0 Å². The average molecular weight is 451 g/mol. The van der Waals surface area contributed by atoms with Crippen LogP contribution in [-0.2, 0) is 19.2 Å². The van der Waals surface area contributed by atoms with Gasteiger partial charge < -0.3 is 21.3 Å². The number of halogens is 1. The summed E-state index contributed by atoms with van der Waals surface area (Å²) >= 11 is 6.04. The topological polar surface area (TPSA) is 133 Å². The lowest BCUT2D eigenvalue weighted by molar-refractivity contribution is -0.139. The van der Waals surface area contributed by atoms with Crippen molar-refractivity contribution in [3.8, 4) is 0 Å². The average Bonchev–Trinajstić information content (AvgIpc) is 3.11. The van der Waals surface area contributed by atoms with E-state index < -0.39 is 35.0 Å². The fraction of sp³-hybridized carbons (Fsp3) is 0.476. The molecule has 1 saturated heterocycles. The van der Waals surface area contributed by atoms with Gasteiger partial charge in [0.05, 0.1) is 17.3 Å². The highest BCUT2D eigenvalue weighted by molar-refractivity contribution is 6.38. The molecule has 2 atom stereocenters. The summed E-state index contributed by atoms with van der Waals surface area (Å²) in [5.41, 5.74) is -0.455. The molecular formula is C21H27ClN4O5. The second kappa shape index (κ2) is 9.91. The summed E-state index contributed by atoms with van der Waals surface area (Å²) in [5, 5.41) is 10.4. The minimum atomic E-state index is -1.22. The lowest BCUT2D eigenvalue weighted by Gasteiger charge is -2.22. The molecule has 1 aliphatic heterocycles. The zero-order valence-electron chi connectivity index (χ0n) is 17.9. The summed E-state index contributed by atoms with van der Waals surface area (Å²) in [4.78, 5) is 61.8. The van der Waals surface area contributed by atoms with Crippen molar-refractivity contribution >= 4 is 46.7 Å². The quantitative estimate of drug-likeness (QED) is 0.464. The molecule has 4 amide bonds. The summed E-state index contributed by atoms with van der Waals surface area (Å²) in [7, 11) is 1.30. The summed E-state index contributed by atoms with van der Waals surface area (Å²) in [6, 6.07) is 3.15. The third-order valence-electron chi connectivity index (χ3n) is 4.91. The minimum Gasteiger partial charge on any atom is -0.356 e. The van der Waals surface area contributed by atoms with Crippen LogP contribution in [0.3, 0.4) is 0 Å². The van der Waals surface area contributed by atoms with Crippen molar-refractivity contribution in [1.29, 1.82) is 0 Å². The van der Waals surface area contributed by atoms with Crippen LogP contribution >= 0.6 is 11.6 Å². The van der Waals surface area contributed by atoms with Crippen LogP contribution in [0.25, 0.3) is 0 Å². The van der Waals surface area contributed by atoms with Gasteiger partial charge in [0.1, 0.15) is 0 Å². The summed E-state index contributed by atoms with van der Waals surface area (Å²) in [6.45, 7) is 5.64. The molecule has 168 valence electrons. The Morgan fingerprint density at radius 3 is 2.45 bits per heavy atom. The zero-order chi connectivity index (χ0) is 23.3. The van der Waals surface area contributed by atoms with Gasteiger partial charge in [0, 0.05) is 29.9 Å². The molecule has 1 unspecified atom stereocenters. The van der Waals surface area contributed by atoms with Crippen molar-refractivity contribution in [3.63, 3.8) is 0 Å². The monoisotopic (exact) mass is 450 g/mol. The fourth-order valence-corrected chi connectivity index (χ4v) is 3.20. The molecule has 1 aromatic carbocycles. The van der Waals surface area contributed by atoms with E-state index in [1.54, 1.807) is 20.8 Å². The summed E-state index contributed by atoms with van der Waals surface area (Å²) < 4.78 is 0. The molecule has 1 aliphatic rings. The van der Waals surface area contributed by atoms with Crippen molar-refractivity contribution in [3.05, 3.63) is 28.8 Å². The lowest BCUT2D eigenvalue weighted by Crippen LogP contribution is -2.48. The maximum Gasteiger partial charge on any atom is 0.289 e. The molecule has 0 aliphatic carbocycles. The van der Waals surface area contributed by atoms with E-state index >= 15 is 0 Å². The number of rotatable bonds is 7. The number of Topliss-reactive ketones (excluding diaryl/α,β-unsaturated/α-hetero) is 1. The van der Waals surface area contributed by atoms with Crippen LogP contribution < -0.4 is 21.3 Å². The molecule has 0 saturated carbocycles. The number of amides is 4. The molecule has 0 spiro atoms. The van der Waals surface area contributed by atoms with Gasteiger partial charge in [-0.15, -0.1) is 0 Å². The standard InChI is InChI=1S/C21H27ClN4O5/c1-21(2,3)20(31)26-14-6-5-12(22)10-13(14)18(29)25-15(16(27)19(30)23-4)9-11-7-8-24-17(11)28/h5-6,10-11,15H,7-9H2,1-4H3,(H,23,30)(H,24,28)(H,25,29)(H,26,31)/t11-,15?/m0/s1. The largest absolute Gasteiger partial charge is 0.356 e. The Balaban J connectivity index is 2.30. The summed E-state index contributed by atoms with van der Waals surface area (Å²) in [5.74, 6) is -3.49. The molecule has 0 bridgehead atoms. The maximum absolute atomic E-state index is 13.0. The highest BCUT2D eigenvalue weighted by atomic mass is 35.5. The van der Waals surface area contributed by atoms with Gasteiger partial charge in [-0.25, -0.2) is 0 Å². The first-order valence-electron chi connectivity index (χ1n) is 9.89. The normalized spacial score (nSPS) is 16.8. The number of anilines is 1. The number of carbonyl (C=O) groups is 5. The SMILES string of the molecule is CNC(=O)C(=O)C(C[C@@H]1CCNC1=O)NC(=O)c1cc(Cl)ccc1NC(=O)C(C)(C)C. The van der Waals surface area contributed by atoms with Gasteiger partial charge >= 0.3 is 0 Å².